The van der Waals surface area contributed by atoms with E-state index in [1.54, 1.807) is 12.1 Å². The molecule has 0 aliphatic heterocycles. The quantitative estimate of drug-likeness (QED) is 0.568. The van der Waals surface area contributed by atoms with E-state index in [1.807, 2.05) is 30.0 Å². The van der Waals surface area contributed by atoms with Crippen molar-refractivity contribution < 1.29 is 4.79 Å². The van der Waals surface area contributed by atoms with Gasteiger partial charge in [0.15, 0.2) is 0 Å². The number of thioether (sulfide) groups is 1. The fourth-order valence-electron chi connectivity index (χ4n) is 1.95. The van der Waals surface area contributed by atoms with Crippen molar-refractivity contribution in [1.29, 1.82) is 0 Å². The molecule has 3 aromatic rings. The molecule has 2 aromatic heterocycles. The molecule has 0 aliphatic rings. The van der Waals surface area contributed by atoms with Crippen molar-refractivity contribution in [3.05, 3.63) is 45.9 Å². The summed E-state index contributed by atoms with van der Waals surface area (Å²) in [5.74, 6) is 1.73. The maximum atomic E-state index is 12.1. The van der Waals surface area contributed by atoms with Gasteiger partial charge in [0.2, 0.25) is 10.3 Å². The average Bonchev–Trinajstić information content (AvgIpc) is 3.24. The van der Waals surface area contributed by atoms with Gasteiger partial charge in [-0.3, -0.25) is 10.1 Å². The van der Waals surface area contributed by atoms with Crippen molar-refractivity contribution in [3.8, 4) is 0 Å². The molecule has 0 saturated carbocycles. The molecule has 2 heterocycles. The van der Waals surface area contributed by atoms with Crippen LogP contribution < -0.4 is 11.1 Å². The van der Waals surface area contributed by atoms with Crippen LogP contribution in [0.1, 0.15) is 20.4 Å². The van der Waals surface area contributed by atoms with E-state index in [9.17, 15) is 4.79 Å². The SMILES string of the molecule is Nc1nnc(CCSCCc2nnc(NC(=O)c3ccccc3)s2)s1. The molecule has 3 rings (SSSR count). The lowest BCUT2D eigenvalue weighted by Gasteiger charge is -1.99. The van der Waals surface area contributed by atoms with Gasteiger partial charge in [0.05, 0.1) is 0 Å². The van der Waals surface area contributed by atoms with Gasteiger partial charge in [0.25, 0.3) is 5.91 Å². The number of aromatic nitrogens is 4. The number of anilines is 2. The van der Waals surface area contributed by atoms with Gasteiger partial charge < -0.3 is 5.73 Å². The second-order valence-electron chi connectivity index (χ2n) is 4.97. The van der Waals surface area contributed by atoms with Crippen LogP contribution in [0, 0.1) is 0 Å². The molecule has 0 fully saturated rings. The first-order chi connectivity index (χ1) is 12.2. The zero-order valence-corrected chi connectivity index (χ0v) is 15.7. The minimum atomic E-state index is -0.172. The van der Waals surface area contributed by atoms with E-state index >= 15 is 0 Å². The van der Waals surface area contributed by atoms with Crippen molar-refractivity contribution in [2.75, 3.05) is 22.6 Å². The highest BCUT2D eigenvalue weighted by Gasteiger charge is 2.10. The lowest BCUT2D eigenvalue weighted by molar-refractivity contribution is 0.102. The number of nitrogen functional groups attached to an aromatic ring is 1. The highest BCUT2D eigenvalue weighted by Crippen LogP contribution is 2.19. The zero-order valence-electron chi connectivity index (χ0n) is 13.2. The first-order valence-electron chi connectivity index (χ1n) is 7.55. The highest BCUT2D eigenvalue weighted by molar-refractivity contribution is 7.99. The van der Waals surface area contributed by atoms with Crippen molar-refractivity contribution in [3.63, 3.8) is 0 Å². The minimum Gasteiger partial charge on any atom is -0.374 e. The summed E-state index contributed by atoms with van der Waals surface area (Å²) in [6.07, 6.45) is 1.69. The van der Waals surface area contributed by atoms with E-state index < -0.39 is 0 Å². The minimum absolute atomic E-state index is 0.172. The van der Waals surface area contributed by atoms with E-state index in [4.69, 9.17) is 5.73 Å². The first-order valence-corrected chi connectivity index (χ1v) is 10.3. The van der Waals surface area contributed by atoms with Gasteiger partial charge in [-0.1, -0.05) is 40.9 Å². The predicted molar refractivity (Wildman–Crippen MR) is 103 cm³/mol. The smallest absolute Gasteiger partial charge is 0.257 e. The molecule has 130 valence electrons. The number of aryl methyl sites for hydroxylation is 2. The van der Waals surface area contributed by atoms with Crippen molar-refractivity contribution in [2.24, 2.45) is 0 Å². The van der Waals surface area contributed by atoms with Gasteiger partial charge in [-0.2, -0.15) is 11.8 Å². The molecular weight excluding hydrogens is 376 g/mol. The average molecular weight is 393 g/mol. The normalized spacial score (nSPS) is 10.7. The Morgan fingerprint density at radius 1 is 1.00 bits per heavy atom. The van der Waals surface area contributed by atoms with E-state index in [1.165, 1.54) is 22.7 Å². The molecule has 1 amide bonds. The standard InChI is InChI=1S/C15H16N6OS3/c16-14-20-18-11(24-14)6-8-23-9-7-12-19-21-15(25-12)17-13(22)10-4-2-1-3-5-10/h1-5H,6-9H2,(H2,16,20)(H,17,21,22). The second-order valence-corrected chi connectivity index (χ2v) is 8.35. The third-order valence-corrected chi connectivity index (χ3v) is 5.82. The highest BCUT2D eigenvalue weighted by atomic mass is 32.2. The lowest BCUT2D eigenvalue weighted by atomic mass is 10.2. The summed E-state index contributed by atoms with van der Waals surface area (Å²) in [5, 5.41) is 21.6. The van der Waals surface area contributed by atoms with Crippen LogP contribution in [0.5, 0.6) is 0 Å². The number of hydrogen-bond acceptors (Lipinski definition) is 9. The number of nitrogens with one attached hydrogen (secondary N) is 1. The van der Waals surface area contributed by atoms with Crippen LogP contribution in [0.25, 0.3) is 0 Å². The Morgan fingerprint density at radius 3 is 2.36 bits per heavy atom. The predicted octanol–water partition coefficient (Wildman–Crippen LogP) is 2.74. The summed E-state index contributed by atoms with van der Waals surface area (Å²) in [5.41, 5.74) is 6.16. The molecule has 0 atom stereocenters. The van der Waals surface area contributed by atoms with Gasteiger partial charge in [0.1, 0.15) is 10.0 Å². The molecule has 0 spiro atoms. The van der Waals surface area contributed by atoms with Gasteiger partial charge in [0, 0.05) is 18.4 Å². The molecule has 1 aromatic carbocycles. The Morgan fingerprint density at radius 2 is 1.68 bits per heavy atom. The Labute approximate surface area is 157 Å². The second kappa shape index (κ2) is 8.88. The first kappa shape index (κ1) is 17.8. The number of nitrogens with zero attached hydrogens (tertiary/aromatic N) is 4. The summed E-state index contributed by atoms with van der Waals surface area (Å²) in [4.78, 5) is 12.1. The third-order valence-electron chi connectivity index (χ3n) is 3.13. The van der Waals surface area contributed by atoms with E-state index in [0.29, 0.717) is 15.8 Å². The number of rotatable bonds is 8. The summed E-state index contributed by atoms with van der Waals surface area (Å²) in [6.45, 7) is 0. The van der Waals surface area contributed by atoms with Crippen molar-refractivity contribution in [2.45, 2.75) is 12.8 Å². The van der Waals surface area contributed by atoms with Gasteiger partial charge in [-0.25, -0.2) is 0 Å². The van der Waals surface area contributed by atoms with Crippen molar-refractivity contribution >= 4 is 50.6 Å². The van der Waals surface area contributed by atoms with Gasteiger partial charge in [-0.15, -0.1) is 20.4 Å². The summed E-state index contributed by atoms with van der Waals surface area (Å²) >= 11 is 4.66. The fourth-order valence-corrected chi connectivity index (χ4v) is 4.43. The summed E-state index contributed by atoms with van der Waals surface area (Å²) in [6, 6.07) is 9.05. The monoisotopic (exact) mass is 392 g/mol. The van der Waals surface area contributed by atoms with Crippen LogP contribution >= 0.6 is 34.4 Å². The zero-order chi connectivity index (χ0) is 17.5. The van der Waals surface area contributed by atoms with Crippen molar-refractivity contribution in [1.82, 2.24) is 20.4 Å². The molecule has 25 heavy (non-hydrogen) atoms. The number of hydrogen-bond donors (Lipinski definition) is 2. The molecule has 0 unspecified atom stereocenters. The van der Waals surface area contributed by atoms with E-state index in [-0.39, 0.29) is 5.91 Å². The van der Waals surface area contributed by atoms with Crippen LogP contribution in [0.15, 0.2) is 30.3 Å². The molecule has 0 bridgehead atoms. The summed E-state index contributed by atoms with van der Waals surface area (Å²) in [7, 11) is 0. The Kier molecular flexibility index (Phi) is 6.31. The Hall–Kier alpha value is -2.04. The molecule has 0 saturated heterocycles. The molecule has 0 aliphatic carbocycles. The molecule has 3 N–H and O–H groups in total. The number of amides is 1. The molecular formula is C15H16N6OS3. The number of carbonyl (C=O) groups excluding carboxylic acids is 1. The van der Waals surface area contributed by atoms with Crippen LogP contribution in [0.4, 0.5) is 10.3 Å². The number of carbonyl (C=O) groups is 1. The maximum absolute atomic E-state index is 12.1. The van der Waals surface area contributed by atoms with Gasteiger partial charge >= 0.3 is 0 Å². The van der Waals surface area contributed by atoms with E-state index in [0.717, 1.165) is 34.4 Å². The van der Waals surface area contributed by atoms with Crippen LogP contribution in [-0.4, -0.2) is 37.8 Å². The number of benzene rings is 1. The molecule has 0 radical (unpaired) electrons. The third kappa shape index (κ3) is 5.48. The Balaban J connectivity index is 1.39. The lowest BCUT2D eigenvalue weighted by Crippen LogP contribution is -2.11. The van der Waals surface area contributed by atoms with Gasteiger partial charge in [-0.05, 0) is 23.6 Å². The van der Waals surface area contributed by atoms with Crippen LogP contribution in [0.2, 0.25) is 0 Å². The maximum Gasteiger partial charge on any atom is 0.257 e. The summed E-state index contributed by atoms with van der Waals surface area (Å²) < 4.78 is 0. The largest absolute Gasteiger partial charge is 0.374 e. The topological polar surface area (TPSA) is 107 Å². The van der Waals surface area contributed by atoms with Crippen LogP contribution in [-0.2, 0) is 12.8 Å². The fraction of sp³-hybridized carbons (Fsp3) is 0.267. The van der Waals surface area contributed by atoms with Crippen LogP contribution in [0.3, 0.4) is 0 Å². The van der Waals surface area contributed by atoms with E-state index in [2.05, 4.69) is 25.7 Å². The molecule has 10 heteroatoms. The number of nitrogens with two attached hydrogens (primary N) is 1. The molecule has 7 nitrogen and oxygen atoms in total. The Bertz CT molecular complexity index is 820.